The Labute approximate surface area is 463 Å². The van der Waals surface area contributed by atoms with Gasteiger partial charge in [-0.15, -0.1) is 0 Å². The number of rotatable bonds is 4. The zero-order valence-electron chi connectivity index (χ0n) is 49.8. The SMILES string of the molecule is CB1c2c(oc3nc(C)ccc23)C=C(C)N1N1C=CN(c2ccccc2)[C@@H]1C.CB1c2c(oc3nc(C)ccc23)C=C(C)N1N1c2ccccc2N(C)[C@@H]1C.[2H]C([2H])([2H])N1C=CN(N2B(C)c3c(oc4nc(C)ccc34)C=C2C)[C@H]1C. The molecule has 3 atom stereocenters. The molecule has 0 fully saturated rings. The van der Waals surface area contributed by atoms with E-state index in [9.17, 15) is 0 Å². The fourth-order valence-electron chi connectivity index (χ4n) is 12.4. The Balaban J connectivity index is 0.000000121. The van der Waals surface area contributed by atoms with Crippen LogP contribution in [0.15, 0.2) is 146 Å². The van der Waals surface area contributed by atoms with Crippen molar-refractivity contribution < 1.29 is 17.4 Å². The summed E-state index contributed by atoms with van der Waals surface area (Å²) in [6.07, 6.45) is 14.1. The third-order valence-electron chi connectivity index (χ3n) is 16.3. The van der Waals surface area contributed by atoms with Crippen LogP contribution in [-0.2, 0) is 0 Å². The van der Waals surface area contributed by atoms with Crippen LogP contribution >= 0.6 is 0 Å². The monoisotopic (exact) mass is 1040 g/mol. The fourth-order valence-corrected chi connectivity index (χ4v) is 12.4. The van der Waals surface area contributed by atoms with Crippen LogP contribution in [0.2, 0.25) is 20.5 Å². The number of aromatic nitrogens is 3. The molecule has 0 saturated heterocycles. The molecule has 15 nitrogen and oxygen atoms in total. The van der Waals surface area contributed by atoms with Gasteiger partial charge in [0.15, 0.2) is 0 Å². The summed E-state index contributed by atoms with van der Waals surface area (Å²) < 4.78 is 41.3. The topological polar surface area (TPSA) is 107 Å². The minimum absolute atomic E-state index is 0.00981. The molecule has 78 heavy (non-hydrogen) atoms. The van der Waals surface area contributed by atoms with E-state index >= 15 is 0 Å². The van der Waals surface area contributed by atoms with Crippen molar-refractivity contribution in [1.29, 1.82) is 0 Å². The van der Waals surface area contributed by atoms with E-state index in [1.165, 1.54) is 38.6 Å². The van der Waals surface area contributed by atoms with Crippen LogP contribution in [0.5, 0.6) is 0 Å². The largest absolute Gasteiger partial charge is 0.439 e. The third kappa shape index (κ3) is 8.17. The number of allylic oxidation sites excluding steroid dienone is 3. The molecule has 0 radical (unpaired) electrons. The molecule has 0 spiro atoms. The number of hydrazine groups is 3. The Morgan fingerprint density at radius 2 is 0.897 bits per heavy atom. The summed E-state index contributed by atoms with van der Waals surface area (Å²) in [5, 5.41) is 9.85. The average Bonchev–Trinajstić information content (AvgIpc) is 4.47. The lowest BCUT2D eigenvalue weighted by Gasteiger charge is -2.44. The zero-order valence-corrected chi connectivity index (χ0v) is 46.8. The molecule has 8 aromatic rings. The average molecular weight is 1040 g/mol. The van der Waals surface area contributed by atoms with Crippen molar-refractivity contribution >= 4 is 106 Å². The van der Waals surface area contributed by atoms with Gasteiger partial charge >= 0.3 is 20.5 Å². The normalized spacial score (nSPS) is 20.1. The molecule has 12 heterocycles. The van der Waals surface area contributed by atoms with Crippen molar-refractivity contribution in [2.75, 3.05) is 28.8 Å². The molecule has 14 rings (SSSR count). The van der Waals surface area contributed by atoms with Gasteiger partial charge in [-0.05, 0) is 141 Å². The zero-order chi connectivity index (χ0) is 57.1. The van der Waals surface area contributed by atoms with Gasteiger partial charge in [-0.3, -0.25) is 15.0 Å². The predicted molar refractivity (Wildman–Crippen MR) is 321 cm³/mol. The maximum Gasteiger partial charge on any atom is 0.315 e. The summed E-state index contributed by atoms with van der Waals surface area (Å²) in [5.74, 6) is 2.67. The highest BCUT2D eigenvalue weighted by Gasteiger charge is 2.43. The maximum atomic E-state index is 7.71. The lowest BCUT2D eigenvalue weighted by Crippen LogP contribution is -2.59. The van der Waals surface area contributed by atoms with Crippen LogP contribution in [-0.4, -0.2) is 97.7 Å². The number of hydrogen-bond donors (Lipinski definition) is 0. The van der Waals surface area contributed by atoms with E-state index in [1.54, 1.807) is 6.20 Å². The first-order valence-corrected chi connectivity index (χ1v) is 27.0. The predicted octanol–water partition coefficient (Wildman–Crippen LogP) is 10.7. The first-order valence-electron chi connectivity index (χ1n) is 28.5. The van der Waals surface area contributed by atoms with E-state index < -0.39 is 6.98 Å². The van der Waals surface area contributed by atoms with Crippen molar-refractivity contribution in [2.45, 2.75) is 101 Å². The molecular weight excluding hydrogens is 969 g/mol. The number of nitrogens with zero attached hydrogens (tertiary/aromatic N) is 12. The molecule has 6 aliphatic rings. The first-order chi connectivity index (χ1) is 38.7. The molecule has 6 aliphatic heterocycles. The lowest BCUT2D eigenvalue weighted by atomic mass is 9.55. The summed E-state index contributed by atoms with van der Waals surface area (Å²) >= 11 is 0. The van der Waals surface area contributed by atoms with Crippen molar-refractivity contribution in [3.8, 4) is 0 Å². The smallest absolute Gasteiger partial charge is 0.315 e. The van der Waals surface area contributed by atoms with E-state index in [0.29, 0.717) is 5.71 Å². The molecule has 0 unspecified atom stereocenters. The third-order valence-corrected chi connectivity index (χ3v) is 16.3. The molecular formula is C60H67B3N12O3. The molecule has 0 aliphatic carbocycles. The fraction of sp³-hybridized carbons (Fsp3) is 0.283. The second-order valence-electron chi connectivity index (χ2n) is 21.3. The van der Waals surface area contributed by atoms with Crippen molar-refractivity contribution in [3.63, 3.8) is 0 Å². The molecule has 0 saturated carbocycles. The maximum absolute atomic E-state index is 7.71. The second-order valence-corrected chi connectivity index (χ2v) is 21.3. The quantitative estimate of drug-likeness (QED) is 0.156. The summed E-state index contributed by atoms with van der Waals surface area (Å²) in [4.78, 5) is 26.5. The minimum atomic E-state index is -2.17. The van der Waals surface area contributed by atoms with Crippen LogP contribution < -0.4 is 31.2 Å². The number of pyridine rings is 3. The molecule has 6 aromatic heterocycles. The van der Waals surface area contributed by atoms with Gasteiger partial charge in [0.25, 0.3) is 0 Å². The van der Waals surface area contributed by atoms with Crippen molar-refractivity contribution in [2.24, 2.45) is 0 Å². The summed E-state index contributed by atoms with van der Waals surface area (Å²) in [5.41, 5.74) is 15.4. The number of para-hydroxylation sites is 3. The number of anilines is 3. The van der Waals surface area contributed by atoms with Gasteiger partial charge in [-0.25, -0.2) is 15.0 Å². The van der Waals surface area contributed by atoms with E-state index in [0.717, 1.165) is 78.8 Å². The summed E-state index contributed by atoms with van der Waals surface area (Å²) in [7, 11) is 2.16. The van der Waals surface area contributed by atoms with Gasteiger partial charge in [-0.1, -0.05) is 50.8 Å². The molecule has 0 amide bonds. The number of aryl methyl sites for hydroxylation is 3. The van der Waals surface area contributed by atoms with E-state index in [1.807, 2.05) is 70.1 Å². The lowest BCUT2D eigenvalue weighted by molar-refractivity contribution is 0.0635. The Kier molecular flexibility index (Phi) is 11.6. The molecule has 394 valence electrons. The van der Waals surface area contributed by atoms with E-state index in [4.69, 9.17) is 17.4 Å². The highest BCUT2D eigenvalue weighted by Crippen LogP contribution is 2.42. The number of fused-ring (bicyclic) bond motifs is 10. The van der Waals surface area contributed by atoms with Crippen LogP contribution in [0.1, 0.15) is 80.0 Å². The van der Waals surface area contributed by atoms with Gasteiger partial charge in [0.1, 0.15) is 35.8 Å². The van der Waals surface area contributed by atoms with Crippen LogP contribution in [0.4, 0.5) is 17.1 Å². The molecule has 18 heteroatoms. The van der Waals surface area contributed by atoms with E-state index in [-0.39, 0.29) is 39.0 Å². The van der Waals surface area contributed by atoms with Gasteiger partial charge < -0.3 is 42.7 Å². The van der Waals surface area contributed by atoms with Gasteiger partial charge in [0.2, 0.25) is 17.1 Å². The van der Waals surface area contributed by atoms with Crippen LogP contribution in [0.25, 0.3) is 51.5 Å². The van der Waals surface area contributed by atoms with E-state index in [2.05, 4.69) is 202 Å². The van der Waals surface area contributed by atoms with Crippen LogP contribution in [0.3, 0.4) is 0 Å². The summed E-state index contributed by atoms with van der Waals surface area (Å²) in [6.45, 7) is 23.3. The highest BCUT2D eigenvalue weighted by atomic mass is 16.4. The van der Waals surface area contributed by atoms with Gasteiger partial charge in [-0.2, -0.15) is 0 Å². The first kappa shape index (κ1) is 46.9. The second kappa shape index (κ2) is 19.3. The highest BCUT2D eigenvalue weighted by molar-refractivity contribution is 6.74. The Morgan fingerprint density at radius 3 is 1.37 bits per heavy atom. The Hall–Kier alpha value is -8.40. The Morgan fingerprint density at radius 1 is 0.474 bits per heavy atom. The number of furan rings is 3. The standard InChI is InChI=1S/C22H23BN4O.C21H23BN4O.C17H21BN4O/c1-15-10-11-19-21-20(28-22(19)24-15)14-16(2)27(23(21)4)26-13-12-25(17(26)3)18-8-6-5-7-9-18;1-13-10-11-16-20-19(27-21(16)23-13)12-14(2)26(22(20)4)25-15(3)24(5)17-8-6-7-9-18(17)25;1-11-6-7-14-16-15(23-17(14)19-11)10-12(2)22(18(16)4)21-9-8-20(5)13(21)3/h5-14,17H,1-4H3;6-12,15H,1-5H3;6-10,13H,1-5H3/t17-;15-;13-/m000/s1/i;;5D3. The number of hydrogen-bond acceptors (Lipinski definition) is 15. The minimum Gasteiger partial charge on any atom is -0.439 e. The number of benzene rings is 2. The van der Waals surface area contributed by atoms with Crippen molar-refractivity contribution in [3.05, 3.63) is 167 Å². The molecule has 0 N–H and O–H groups in total. The Bertz CT molecular complexity index is 3930. The summed E-state index contributed by atoms with van der Waals surface area (Å²) in [6, 6.07) is 31.5. The van der Waals surface area contributed by atoms with Crippen LogP contribution in [0, 0.1) is 20.8 Å². The van der Waals surface area contributed by atoms with Gasteiger partial charge in [0.05, 0.1) is 11.4 Å². The van der Waals surface area contributed by atoms with Crippen molar-refractivity contribution in [1.82, 2.24) is 44.6 Å². The molecule has 0 bridgehead atoms. The van der Waals surface area contributed by atoms with Gasteiger partial charge in [0, 0.05) is 115 Å². The molecule has 2 aromatic carbocycles.